The first-order valence-corrected chi connectivity index (χ1v) is 9.45. The first kappa shape index (κ1) is 19.3. The average Bonchev–Trinajstić information content (AvgIpc) is 3.04. The van der Waals surface area contributed by atoms with Crippen molar-refractivity contribution in [3.05, 3.63) is 113 Å². The number of amides is 1. The van der Waals surface area contributed by atoms with Crippen LogP contribution in [-0.2, 0) is 16.1 Å². The van der Waals surface area contributed by atoms with Gasteiger partial charge >= 0.3 is 0 Å². The van der Waals surface area contributed by atoms with E-state index in [1.54, 1.807) is 49.1 Å². The van der Waals surface area contributed by atoms with Crippen molar-refractivity contribution in [3.8, 4) is 0 Å². The highest BCUT2D eigenvalue weighted by Crippen LogP contribution is 2.38. The van der Waals surface area contributed by atoms with E-state index >= 15 is 0 Å². The molecule has 0 radical (unpaired) electrons. The van der Waals surface area contributed by atoms with Crippen molar-refractivity contribution in [2.75, 3.05) is 0 Å². The van der Waals surface area contributed by atoms with Crippen molar-refractivity contribution in [1.29, 1.82) is 0 Å². The lowest BCUT2D eigenvalue weighted by molar-refractivity contribution is -0.130. The van der Waals surface area contributed by atoms with Gasteiger partial charge in [-0.1, -0.05) is 48.5 Å². The van der Waals surface area contributed by atoms with Crippen LogP contribution in [0.3, 0.4) is 0 Å². The van der Waals surface area contributed by atoms with E-state index in [1.807, 2.05) is 36.4 Å². The lowest BCUT2D eigenvalue weighted by Crippen LogP contribution is -2.30. The zero-order valence-electron chi connectivity index (χ0n) is 16.1. The van der Waals surface area contributed by atoms with E-state index in [2.05, 4.69) is 9.97 Å². The van der Waals surface area contributed by atoms with Crippen molar-refractivity contribution in [3.63, 3.8) is 0 Å². The summed E-state index contributed by atoms with van der Waals surface area (Å²) >= 11 is 0. The minimum atomic E-state index is -0.737. The predicted octanol–water partition coefficient (Wildman–Crippen LogP) is 3.65. The van der Waals surface area contributed by atoms with E-state index in [1.165, 1.54) is 11.0 Å². The average molecular weight is 397 g/mol. The molecule has 6 nitrogen and oxygen atoms in total. The maximum atomic E-state index is 13.0. The summed E-state index contributed by atoms with van der Waals surface area (Å²) in [6.07, 6.45) is 9.56. The Kier molecular flexibility index (Phi) is 5.48. The molecule has 1 N–H and O–H groups in total. The van der Waals surface area contributed by atoms with Gasteiger partial charge < -0.3 is 10.0 Å². The Labute approximate surface area is 173 Å². The summed E-state index contributed by atoms with van der Waals surface area (Å²) in [4.78, 5) is 35.6. The molecule has 4 rings (SSSR count). The van der Waals surface area contributed by atoms with Gasteiger partial charge in [0.25, 0.3) is 5.91 Å². The van der Waals surface area contributed by atoms with Crippen LogP contribution < -0.4 is 0 Å². The molecule has 6 heteroatoms. The number of rotatable bonds is 6. The zero-order chi connectivity index (χ0) is 20.9. The largest absolute Gasteiger partial charge is 0.503 e. The van der Waals surface area contributed by atoms with Crippen LogP contribution in [0.2, 0.25) is 0 Å². The van der Waals surface area contributed by atoms with Gasteiger partial charge in [0.1, 0.15) is 0 Å². The molecule has 0 aliphatic carbocycles. The van der Waals surface area contributed by atoms with E-state index in [9.17, 15) is 14.7 Å². The number of aliphatic hydroxyl groups is 1. The molecule has 2 aromatic heterocycles. The molecule has 30 heavy (non-hydrogen) atoms. The van der Waals surface area contributed by atoms with E-state index in [-0.39, 0.29) is 12.1 Å². The summed E-state index contributed by atoms with van der Waals surface area (Å²) in [5.41, 5.74) is 2.33. The molecule has 0 bridgehead atoms. The van der Waals surface area contributed by atoms with Crippen LogP contribution in [0.5, 0.6) is 0 Å². The molecule has 3 aromatic rings. The van der Waals surface area contributed by atoms with Crippen LogP contribution in [0.4, 0.5) is 0 Å². The van der Waals surface area contributed by atoms with Gasteiger partial charge in [-0.2, -0.15) is 0 Å². The Morgan fingerprint density at radius 2 is 1.73 bits per heavy atom. The highest BCUT2D eigenvalue weighted by atomic mass is 16.3. The van der Waals surface area contributed by atoms with Gasteiger partial charge in [-0.3, -0.25) is 19.6 Å². The molecule has 3 heterocycles. The second kappa shape index (κ2) is 8.53. The third-order valence-electron chi connectivity index (χ3n) is 4.87. The van der Waals surface area contributed by atoms with Gasteiger partial charge in [-0.15, -0.1) is 0 Å². The second-order valence-electron chi connectivity index (χ2n) is 6.85. The molecule has 1 aliphatic rings. The van der Waals surface area contributed by atoms with Gasteiger partial charge in [0.2, 0.25) is 0 Å². The van der Waals surface area contributed by atoms with E-state index in [4.69, 9.17) is 0 Å². The number of aliphatic hydroxyl groups excluding tert-OH is 1. The number of hydrogen-bond acceptors (Lipinski definition) is 5. The van der Waals surface area contributed by atoms with Gasteiger partial charge in [0.05, 0.1) is 11.6 Å². The summed E-state index contributed by atoms with van der Waals surface area (Å²) in [5, 5.41) is 10.6. The van der Waals surface area contributed by atoms with Crippen LogP contribution in [-0.4, -0.2) is 31.7 Å². The van der Waals surface area contributed by atoms with E-state index < -0.39 is 23.5 Å². The number of pyridine rings is 2. The first-order valence-electron chi connectivity index (χ1n) is 9.45. The summed E-state index contributed by atoms with van der Waals surface area (Å²) in [6, 6.07) is 15.8. The Bertz CT molecular complexity index is 1110. The topological polar surface area (TPSA) is 83.4 Å². The van der Waals surface area contributed by atoms with Crippen LogP contribution in [0.25, 0.3) is 6.08 Å². The molecule has 0 spiro atoms. The van der Waals surface area contributed by atoms with Crippen LogP contribution >= 0.6 is 0 Å². The van der Waals surface area contributed by atoms with Crippen molar-refractivity contribution in [1.82, 2.24) is 14.9 Å². The molecule has 148 valence electrons. The second-order valence-corrected chi connectivity index (χ2v) is 6.85. The fourth-order valence-electron chi connectivity index (χ4n) is 3.47. The minimum Gasteiger partial charge on any atom is -0.503 e. The van der Waals surface area contributed by atoms with E-state index in [0.29, 0.717) is 5.56 Å². The highest BCUT2D eigenvalue weighted by Gasteiger charge is 2.42. The molecule has 0 saturated heterocycles. The number of carbonyl (C=O) groups excluding carboxylic acids is 2. The normalized spacial score (nSPS) is 16.5. The van der Waals surface area contributed by atoms with Gasteiger partial charge in [0, 0.05) is 31.3 Å². The molecule has 0 fully saturated rings. The van der Waals surface area contributed by atoms with Gasteiger partial charge in [-0.05, 0) is 34.9 Å². The van der Waals surface area contributed by atoms with Crippen molar-refractivity contribution < 1.29 is 14.7 Å². The Morgan fingerprint density at radius 1 is 1.00 bits per heavy atom. The van der Waals surface area contributed by atoms with Gasteiger partial charge in [0.15, 0.2) is 11.5 Å². The number of nitrogens with zero attached hydrogens (tertiary/aromatic N) is 3. The smallest absolute Gasteiger partial charge is 0.290 e. The number of allylic oxidation sites excluding steroid dienone is 1. The van der Waals surface area contributed by atoms with Crippen molar-refractivity contribution in [2.24, 2.45) is 0 Å². The molecule has 1 atom stereocenters. The SMILES string of the molecule is O=C(C=Cc1ccccc1)C1=C(O)C(=O)N(Cc2cccnc2)C1c1cccnc1. The molecule has 1 amide bonds. The summed E-state index contributed by atoms with van der Waals surface area (Å²) in [5.74, 6) is -1.55. The standard InChI is InChI=1S/C24H19N3O3/c28-20(11-10-17-6-2-1-3-7-17)21-22(19-9-5-13-26-15-19)27(24(30)23(21)29)16-18-8-4-12-25-14-18/h1-15,22,29H,16H2. The molecule has 1 unspecified atom stereocenters. The summed E-state index contributed by atoms with van der Waals surface area (Å²) in [6.45, 7) is 0.204. The maximum Gasteiger partial charge on any atom is 0.290 e. The van der Waals surface area contributed by atoms with Crippen molar-refractivity contribution >= 4 is 17.8 Å². The quantitative estimate of drug-likeness (QED) is 0.642. The number of ketones is 1. The van der Waals surface area contributed by atoms with Gasteiger partial charge in [-0.25, -0.2) is 0 Å². The molecular weight excluding hydrogens is 378 g/mol. The van der Waals surface area contributed by atoms with Crippen LogP contribution in [0, 0.1) is 0 Å². The molecular formula is C24H19N3O3. The third kappa shape index (κ3) is 3.89. The third-order valence-corrected chi connectivity index (χ3v) is 4.87. The Morgan fingerprint density at radius 3 is 2.40 bits per heavy atom. The summed E-state index contributed by atoms with van der Waals surface area (Å²) < 4.78 is 0. The molecule has 1 aliphatic heterocycles. The highest BCUT2D eigenvalue weighted by molar-refractivity contribution is 6.14. The summed E-state index contributed by atoms with van der Waals surface area (Å²) in [7, 11) is 0. The maximum absolute atomic E-state index is 13.0. The lowest BCUT2D eigenvalue weighted by atomic mass is 9.96. The van der Waals surface area contributed by atoms with E-state index in [0.717, 1.165) is 11.1 Å². The number of benzene rings is 1. The fourth-order valence-corrected chi connectivity index (χ4v) is 3.47. The Hall–Kier alpha value is -4.06. The monoisotopic (exact) mass is 397 g/mol. The zero-order valence-corrected chi connectivity index (χ0v) is 16.1. The molecule has 1 aromatic carbocycles. The number of carbonyl (C=O) groups is 2. The van der Waals surface area contributed by atoms with Crippen LogP contribution in [0.1, 0.15) is 22.7 Å². The molecule has 0 saturated carbocycles. The minimum absolute atomic E-state index is 0.0454. The predicted molar refractivity (Wildman–Crippen MR) is 112 cm³/mol. The first-order chi connectivity index (χ1) is 14.6. The fraction of sp³-hybridized carbons (Fsp3) is 0.0833. The number of aromatic nitrogens is 2. The Balaban J connectivity index is 1.70. The van der Waals surface area contributed by atoms with Crippen molar-refractivity contribution in [2.45, 2.75) is 12.6 Å². The number of hydrogen-bond donors (Lipinski definition) is 1. The lowest BCUT2D eigenvalue weighted by Gasteiger charge is -2.26. The van der Waals surface area contributed by atoms with Crippen LogP contribution in [0.15, 0.2) is 96.8 Å².